The van der Waals surface area contributed by atoms with E-state index in [1.165, 1.54) is 19.2 Å². The zero-order chi connectivity index (χ0) is 15.4. The molecule has 0 aliphatic heterocycles. The number of nitro benzene ring substituents is 1. The van der Waals surface area contributed by atoms with Gasteiger partial charge in [-0.3, -0.25) is 10.1 Å². The second kappa shape index (κ2) is 6.23. The molecule has 0 heterocycles. The molecule has 6 nitrogen and oxygen atoms in total. The van der Waals surface area contributed by atoms with Gasteiger partial charge in [-0.1, -0.05) is 18.2 Å². The van der Waals surface area contributed by atoms with E-state index in [1.807, 2.05) is 0 Å². The molecule has 2 rings (SSSR count). The van der Waals surface area contributed by atoms with Gasteiger partial charge in [-0.2, -0.15) is 0 Å². The molecular formula is C15H15NO5. The van der Waals surface area contributed by atoms with E-state index in [4.69, 9.17) is 9.47 Å². The summed E-state index contributed by atoms with van der Waals surface area (Å²) >= 11 is 0. The van der Waals surface area contributed by atoms with Gasteiger partial charge in [-0.15, -0.1) is 0 Å². The van der Waals surface area contributed by atoms with Crippen LogP contribution in [0.5, 0.6) is 17.2 Å². The smallest absolute Gasteiger partial charge is 0.311 e. The molecule has 0 radical (unpaired) electrons. The third-order valence-corrected chi connectivity index (χ3v) is 2.95. The molecule has 6 heteroatoms. The minimum atomic E-state index is -0.788. The Morgan fingerprint density at radius 1 is 1.14 bits per heavy atom. The van der Waals surface area contributed by atoms with E-state index < -0.39 is 11.0 Å². The highest BCUT2D eigenvalue weighted by Gasteiger charge is 2.19. The maximum atomic E-state index is 11.2. The van der Waals surface area contributed by atoms with Crippen molar-refractivity contribution in [1.29, 1.82) is 0 Å². The molecule has 0 saturated carbocycles. The number of benzene rings is 2. The molecule has 0 aromatic heterocycles. The summed E-state index contributed by atoms with van der Waals surface area (Å²) in [5, 5.41) is 20.7. The molecule has 2 aromatic carbocycles. The molecule has 110 valence electrons. The van der Waals surface area contributed by atoms with Crippen LogP contribution in [0.1, 0.15) is 18.6 Å². The van der Waals surface area contributed by atoms with Gasteiger partial charge in [0.05, 0.1) is 18.1 Å². The number of nitro groups is 1. The molecule has 0 bridgehead atoms. The van der Waals surface area contributed by atoms with E-state index in [-0.39, 0.29) is 11.4 Å². The number of hydrogen-bond donors (Lipinski definition) is 1. The van der Waals surface area contributed by atoms with Crippen LogP contribution >= 0.6 is 0 Å². The van der Waals surface area contributed by atoms with Crippen LogP contribution in [0.2, 0.25) is 0 Å². The number of ether oxygens (including phenoxy) is 2. The SMILES string of the molecule is COc1ccccc1Oc1ccc(C(C)O)cc1[N+](=O)[O-]. The standard InChI is InChI=1S/C15H15NO5/c1-10(17)11-7-8-13(12(9-11)16(18)19)21-15-6-4-3-5-14(15)20-2/h3-10,17H,1-2H3. The fourth-order valence-corrected chi connectivity index (χ4v) is 1.84. The summed E-state index contributed by atoms with van der Waals surface area (Å²) in [5.41, 5.74) is 0.244. The lowest BCUT2D eigenvalue weighted by Crippen LogP contribution is -1.98. The van der Waals surface area contributed by atoms with E-state index in [1.54, 1.807) is 37.3 Å². The first kappa shape index (κ1) is 14.8. The Hall–Kier alpha value is -2.60. The molecule has 0 saturated heterocycles. The zero-order valence-corrected chi connectivity index (χ0v) is 11.6. The molecule has 2 aromatic rings. The van der Waals surface area contributed by atoms with E-state index >= 15 is 0 Å². The predicted molar refractivity (Wildman–Crippen MR) is 76.8 cm³/mol. The summed E-state index contributed by atoms with van der Waals surface area (Å²) < 4.78 is 10.7. The van der Waals surface area contributed by atoms with Crippen molar-refractivity contribution < 1.29 is 19.5 Å². The number of para-hydroxylation sites is 2. The highest BCUT2D eigenvalue weighted by molar-refractivity contribution is 5.52. The Balaban J connectivity index is 2.42. The van der Waals surface area contributed by atoms with Crippen molar-refractivity contribution in [2.45, 2.75) is 13.0 Å². The van der Waals surface area contributed by atoms with Gasteiger partial charge in [0.1, 0.15) is 0 Å². The number of aliphatic hydroxyl groups excluding tert-OH is 1. The molecule has 1 atom stereocenters. The lowest BCUT2D eigenvalue weighted by atomic mass is 10.1. The number of aliphatic hydroxyl groups is 1. The van der Waals surface area contributed by atoms with Gasteiger partial charge >= 0.3 is 5.69 Å². The maximum absolute atomic E-state index is 11.2. The molecular weight excluding hydrogens is 274 g/mol. The highest BCUT2D eigenvalue weighted by Crippen LogP contribution is 2.37. The third kappa shape index (κ3) is 3.29. The molecule has 0 amide bonds. The van der Waals surface area contributed by atoms with Crippen molar-refractivity contribution in [3.63, 3.8) is 0 Å². The van der Waals surface area contributed by atoms with Gasteiger partial charge in [0.15, 0.2) is 11.5 Å². The summed E-state index contributed by atoms with van der Waals surface area (Å²) in [7, 11) is 1.49. The average molecular weight is 289 g/mol. The van der Waals surface area contributed by atoms with Crippen molar-refractivity contribution in [3.8, 4) is 17.2 Å². The van der Waals surface area contributed by atoms with Crippen LogP contribution in [0.25, 0.3) is 0 Å². The Labute approximate surface area is 121 Å². The number of rotatable bonds is 5. The normalized spacial score (nSPS) is 11.8. The molecule has 1 unspecified atom stereocenters. The van der Waals surface area contributed by atoms with Crippen molar-refractivity contribution >= 4 is 5.69 Å². The predicted octanol–water partition coefficient (Wildman–Crippen LogP) is 3.45. The molecule has 1 N–H and O–H groups in total. The van der Waals surface area contributed by atoms with Crippen molar-refractivity contribution in [2.24, 2.45) is 0 Å². The van der Waals surface area contributed by atoms with Gasteiger partial charge in [-0.05, 0) is 30.7 Å². The van der Waals surface area contributed by atoms with E-state index in [0.717, 1.165) is 0 Å². The average Bonchev–Trinajstić information content (AvgIpc) is 2.47. The fourth-order valence-electron chi connectivity index (χ4n) is 1.84. The number of hydrogen-bond acceptors (Lipinski definition) is 5. The van der Waals surface area contributed by atoms with Crippen molar-refractivity contribution in [2.75, 3.05) is 7.11 Å². The quantitative estimate of drug-likeness (QED) is 0.673. The number of methoxy groups -OCH3 is 1. The highest BCUT2D eigenvalue weighted by atomic mass is 16.6. The summed E-state index contributed by atoms with van der Waals surface area (Å²) in [5.74, 6) is 0.952. The maximum Gasteiger partial charge on any atom is 0.311 e. The Kier molecular flexibility index (Phi) is 4.39. The van der Waals surface area contributed by atoms with E-state index in [0.29, 0.717) is 17.1 Å². The molecule has 0 aliphatic rings. The largest absolute Gasteiger partial charge is 0.493 e. The van der Waals surface area contributed by atoms with Crippen LogP contribution in [0, 0.1) is 10.1 Å². The lowest BCUT2D eigenvalue weighted by molar-refractivity contribution is -0.385. The fraction of sp³-hybridized carbons (Fsp3) is 0.200. The Morgan fingerprint density at radius 2 is 1.81 bits per heavy atom. The van der Waals surface area contributed by atoms with Gasteiger partial charge in [0.2, 0.25) is 5.75 Å². The summed E-state index contributed by atoms with van der Waals surface area (Å²) in [6, 6.07) is 11.2. The zero-order valence-electron chi connectivity index (χ0n) is 11.6. The molecule has 0 fully saturated rings. The monoisotopic (exact) mass is 289 g/mol. The Bertz CT molecular complexity index is 654. The second-order valence-electron chi connectivity index (χ2n) is 4.41. The van der Waals surface area contributed by atoms with Gasteiger partial charge in [0.25, 0.3) is 0 Å². The van der Waals surface area contributed by atoms with Crippen LogP contribution in [0.4, 0.5) is 5.69 Å². The number of nitrogens with zero attached hydrogens (tertiary/aromatic N) is 1. The summed E-state index contributed by atoms with van der Waals surface area (Å²) in [6.07, 6.45) is -0.788. The first-order valence-electron chi connectivity index (χ1n) is 6.30. The third-order valence-electron chi connectivity index (χ3n) is 2.95. The van der Waals surface area contributed by atoms with Crippen molar-refractivity contribution in [3.05, 3.63) is 58.1 Å². The van der Waals surface area contributed by atoms with E-state index in [9.17, 15) is 15.2 Å². The summed E-state index contributed by atoms with van der Waals surface area (Å²) in [6.45, 7) is 1.54. The van der Waals surface area contributed by atoms with Gasteiger partial charge in [-0.25, -0.2) is 0 Å². The first-order chi connectivity index (χ1) is 10.0. The topological polar surface area (TPSA) is 81.8 Å². The van der Waals surface area contributed by atoms with Crippen LogP contribution in [-0.4, -0.2) is 17.1 Å². The second-order valence-corrected chi connectivity index (χ2v) is 4.41. The molecule has 0 aliphatic carbocycles. The van der Waals surface area contributed by atoms with Gasteiger partial charge in [0, 0.05) is 6.07 Å². The van der Waals surface area contributed by atoms with Crippen LogP contribution in [0.3, 0.4) is 0 Å². The Morgan fingerprint density at radius 3 is 2.38 bits per heavy atom. The first-order valence-corrected chi connectivity index (χ1v) is 6.30. The molecule has 0 spiro atoms. The summed E-state index contributed by atoms with van der Waals surface area (Å²) in [4.78, 5) is 10.6. The van der Waals surface area contributed by atoms with Crippen LogP contribution in [-0.2, 0) is 0 Å². The minimum Gasteiger partial charge on any atom is -0.493 e. The van der Waals surface area contributed by atoms with E-state index in [2.05, 4.69) is 0 Å². The van der Waals surface area contributed by atoms with Crippen LogP contribution in [0.15, 0.2) is 42.5 Å². The van der Waals surface area contributed by atoms with Crippen LogP contribution < -0.4 is 9.47 Å². The van der Waals surface area contributed by atoms with Crippen molar-refractivity contribution in [1.82, 2.24) is 0 Å². The molecule has 21 heavy (non-hydrogen) atoms. The lowest BCUT2D eigenvalue weighted by Gasteiger charge is -2.11. The van der Waals surface area contributed by atoms with Gasteiger partial charge < -0.3 is 14.6 Å². The minimum absolute atomic E-state index is 0.0916.